The molecule has 36 heavy (non-hydrogen) atoms. The summed E-state index contributed by atoms with van der Waals surface area (Å²) in [6.45, 7) is 10.2. The van der Waals surface area contributed by atoms with Crippen molar-refractivity contribution in [1.82, 2.24) is 4.90 Å². The van der Waals surface area contributed by atoms with Crippen molar-refractivity contribution in [3.05, 3.63) is 83.4 Å². The quantitative estimate of drug-likeness (QED) is 0.375. The summed E-state index contributed by atoms with van der Waals surface area (Å²) in [5, 5.41) is 2.40. The maximum absolute atomic E-state index is 13.5. The number of carbonyl (C=O) groups is 1. The highest BCUT2D eigenvalue weighted by atomic mass is 16.6. The van der Waals surface area contributed by atoms with Gasteiger partial charge >= 0.3 is 12.2 Å². The fourth-order valence-corrected chi connectivity index (χ4v) is 5.24. The van der Waals surface area contributed by atoms with E-state index in [2.05, 4.69) is 80.6 Å². The molecular weight excluding hydrogens is 450 g/mol. The Labute approximate surface area is 214 Å². The zero-order valence-corrected chi connectivity index (χ0v) is 22.0. The minimum atomic E-state index is -0.526. The Morgan fingerprint density at radius 2 is 1.64 bits per heavy atom. The minimum Gasteiger partial charge on any atom is -0.444 e. The molecule has 0 spiro atoms. The van der Waals surface area contributed by atoms with Gasteiger partial charge in [-0.3, -0.25) is 4.90 Å². The van der Waals surface area contributed by atoms with Crippen LogP contribution >= 0.6 is 0 Å². The second-order valence-electron chi connectivity index (χ2n) is 10.5. The highest BCUT2D eigenvalue weighted by Gasteiger charge is 2.38. The number of carbonyl (C=O) groups excluding carboxylic acids is 3. The highest BCUT2D eigenvalue weighted by Crippen LogP contribution is 2.41. The first kappa shape index (κ1) is 27.2. The summed E-state index contributed by atoms with van der Waals surface area (Å²) in [5.74, 6) is 0.477. The fraction of sp³-hybridized carbons (Fsp3) is 0.419. The molecule has 0 bridgehead atoms. The molecule has 3 atom stereocenters. The molecule has 190 valence electrons. The summed E-state index contributed by atoms with van der Waals surface area (Å²) >= 11 is 0. The Morgan fingerprint density at radius 1 is 1.00 bits per heavy atom. The zero-order valence-electron chi connectivity index (χ0n) is 22.0. The van der Waals surface area contributed by atoms with Crippen molar-refractivity contribution >= 4 is 23.0 Å². The van der Waals surface area contributed by atoms with Crippen molar-refractivity contribution in [3.8, 4) is 0 Å². The third-order valence-corrected chi connectivity index (χ3v) is 6.95. The van der Waals surface area contributed by atoms with E-state index in [9.17, 15) is 4.79 Å². The van der Waals surface area contributed by atoms with Crippen molar-refractivity contribution in [1.29, 1.82) is 0 Å². The molecule has 5 heteroatoms. The lowest BCUT2D eigenvalue weighted by molar-refractivity contribution is -0.191. The largest absolute Gasteiger partial charge is 0.444 e. The average Bonchev–Trinajstić information content (AvgIpc) is 3.32. The number of hydrogen-bond acceptors (Lipinski definition) is 4. The van der Waals surface area contributed by atoms with E-state index in [4.69, 9.17) is 14.3 Å². The molecule has 1 saturated carbocycles. The first-order chi connectivity index (χ1) is 17.2. The molecule has 3 aromatic carbocycles. The van der Waals surface area contributed by atoms with Gasteiger partial charge in [0.1, 0.15) is 5.60 Å². The number of aryl methyl sites for hydroxylation is 1. The molecule has 0 unspecified atom stereocenters. The Kier molecular flexibility index (Phi) is 9.06. The maximum Gasteiger partial charge on any atom is 0.411 e. The Bertz CT molecular complexity index is 1180. The third-order valence-electron chi connectivity index (χ3n) is 6.95. The van der Waals surface area contributed by atoms with Crippen LogP contribution in [0.1, 0.15) is 82.5 Å². The van der Waals surface area contributed by atoms with Gasteiger partial charge in [0.25, 0.3) is 0 Å². The molecule has 1 fully saturated rings. The van der Waals surface area contributed by atoms with Crippen molar-refractivity contribution in [3.63, 3.8) is 0 Å². The molecular formula is C31H37NO4. The van der Waals surface area contributed by atoms with Gasteiger partial charge in [-0.2, -0.15) is 9.59 Å². The summed E-state index contributed by atoms with van der Waals surface area (Å²) in [6.07, 6.45) is 4.16. The third kappa shape index (κ3) is 6.61. The van der Waals surface area contributed by atoms with Crippen LogP contribution in [-0.4, -0.2) is 28.8 Å². The van der Waals surface area contributed by atoms with Gasteiger partial charge in [0, 0.05) is 6.04 Å². The van der Waals surface area contributed by atoms with Crippen LogP contribution in [0.4, 0.5) is 4.79 Å². The SMILES string of the molecule is CCc1ccc([C@@H]2CC[C@H](N(C(=O)OC(C)(C)C)[C@H](C)c3cccc4ccccc34)C2)cc1.O=C=O. The van der Waals surface area contributed by atoms with Gasteiger partial charge in [-0.05, 0) is 86.8 Å². The van der Waals surface area contributed by atoms with E-state index in [1.165, 1.54) is 27.5 Å². The predicted molar refractivity (Wildman–Crippen MR) is 142 cm³/mol. The normalized spacial score (nSPS) is 18.0. The summed E-state index contributed by atoms with van der Waals surface area (Å²) in [7, 11) is 0. The molecule has 0 heterocycles. The second-order valence-corrected chi connectivity index (χ2v) is 10.5. The second kappa shape index (κ2) is 12.0. The lowest BCUT2D eigenvalue weighted by Gasteiger charge is -2.37. The number of amides is 1. The first-order valence-electron chi connectivity index (χ1n) is 12.8. The lowest BCUT2D eigenvalue weighted by atomic mass is 9.95. The van der Waals surface area contributed by atoms with Crippen molar-refractivity contribution in [2.75, 3.05) is 0 Å². The van der Waals surface area contributed by atoms with Crippen molar-refractivity contribution in [2.45, 2.75) is 83.9 Å². The molecule has 0 aliphatic heterocycles. The maximum atomic E-state index is 13.5. The van der Waals surface area contributed by atoms with E-state index in [0.717, 1.165) is 25.7 Å². The number of rotatable bonds is 5. The Morgan fingerprint density at radius 3 is 2.28 bits per heavy atom. The van der Waals surface area contributed by atoms with Gasteiger partial charge in [0.15, 0.2) is 0 Å². The van der Waals surface area contributed by atoms with E-state index in [1.807, 2.05) is 25.7 Å². The summed E-state index contributed by atoms with van der Waals surface area (Å²) in [4.78, 5) is 31.8. The molecule has 1 aliphatic carbocycles. The number of benzene rings is 3. The zero-order chi connectivity index (χ0) is 26.3. The molecule has 0 N–H and O–H groups in total. The van der Waals surface area contributed by atoms with Gasteiger partial charge in [0.2, 0.25) is 0 Å². The average molecular weight is 488 g/mol. The molecule has 4 rings (SSSR count). The summed E-state index contributed by atoms with van der Waals surface area (Å²) in [5.41, 5.74) is 3.40. The van der Waals surface area contributed by atoms with Crippen LogP contribution in [-0.2, 0) is 20.7 Å². The number of nitrogens with zero attached hydrogens (tertiary/aromatic N) is 1. The van der Waals surface area contributed by atoms with Crippen LogP contribution in [0.3, 0.4) is 0 Å². The van der Waals surface area contributed by atoms with Crippen LogP contribution in [0.15, 0.2) is 66.7 Å². The van der Waals surface area contributed by atoms with Crippen LogP contribution in [0.2, 0.25) is 0 Å². The Balaban J connectivity index is 0.00000115. The molecule has 0 aromatic heterocycles. The molecule has 0 saturated heterocycles. The van der Waals surface area contributed by atoms with E-state index in [-0.39, 0.29) is 24.3 Å². The Hall–Kier alpha value is -3.43. The number of hydrogen-bond donors (Lipinski definition) is 0. The fourth-order valence-electron chi connectivity index (χ4n) is 5.24. The van der Waals surface area contributed by atoms with E-state index in [1.54, 1.807) is 0 Å². The standard InChI is InChI=1S/C30H37NO2.CO2/c1-6-22-14-16-23(17-15-22)25-18-19-26(20-25)31(29(32)33-30(3,4)5)21(2)27-13-9-11-24-10-7-8-12-28(24)27;2-1-3/h7-17,21,25-26H,6,18-20H2,1-5H3;/t21-,25-,26+;/m1./s1. The van der Waals surface area contributed by atoms with Crippen LogP contribution < -0.4 is 0 Å². The topological polar surface area (TPSA) is 63.7 Å². The monoisotopic (exact) mass is 487 g/mol. The smallest absolute Gasteiger partial charge is 0.411 e. The summed E-state index contributed by atoms with van der Waals surface area (Å²) < 4.78 is 5.93. The molecule has 5 nitrogen and oxygen atoms in total. The number of fused-ring (bicyclic) bond motifs is 1. The number of ether oxygens (including phenoxy) is 1. The van der Waals surface area contributed by atoms with E-state index >= 15 is 0 Å². The highest BCUT2D eigenvalue weighted by molar-refractivity contribution is 5.86. The lowest BCUT2D eigenvalue weighted by Crippen LogP contribution is -2.44. The first-order valence-corrected chi connectivity index (χ1v) is 12.8. The van der Waals surface area contributed by atoms with Gasteiger partial charge in [-0.15, -0.1) is 0 Å². The van der Waals surface area contributed by atoms with Crippen molar-refractivity contribution in [2.24, 2.45) is 0 Å². The van der Waals surface area contributed by atoms with Gasteiger partial charge in [0.05, 0.1) is 6.04 Å². The van der Waals surface area contributed by atoms with Crippen LogP contribution in [0.25, 0.3) is 10.8 Å². The molecule has 3 aromatic rings. The van der Waals surface area contributed by atoms with E-state index in [0.29, 0.717) is 5.92 Å². The van der Waals surface area contributed by atoms with Gasteiger partial charge in [-0.25, -0.2) is 4.79 Å². The van der Waals surface area contributed by atoms with Gasteiger partial charge < -0.3 is 4.74 Å². The van der Waals surface area contributed by atoms with Crippen LogP contribution in [0.5, 0.6) is 0 Å². The molecule has 1 aliphatic rings. The van der Waals surface area contributed by atoms with Crippen LogP contribution in [0, 0.1) is 0 Å². The molecule has 1 amide bonds. The van der Waals surface area contributed by atoms with Gasteiger partial charge in [-0.1, -0.05) is 73.7 Å². The molecule has 0 radical (unpaired) electrons. The van der Waals surface area contributed by atoms with E-state index < -0.39 is 5.60 Å². The minimum absolute atomic E-state index is 0.0721. The predicted octanol–water partition coefficient (Wildman–Crippen LogP) is 7.45. The van der Waals surface area contributed by atoms with Crippen molar-refractivity contribution < 1.29 is 19.1 Å². The summed E-state index contributed by atoms with van der Waals surface area (Å²) in [6, 6.07) is 23.9.